The molecule has 0 aliphatic carbocycles. The van der Waals surface area contributed by atoms with Crippen LogP contribution in [0.15, 0.2) is 61.3 Å². The van der Waals surface area contributed by atoms with E-state index >= 15 is 0 Å². The van der Waals surface area contributed by atoms with Crippen LogP contribution in [-0.2, 0) is 4.74 Å². The maximum atomic E-state index is 12.3. The van der Waals surface area contributed by atoms with Crippen molar-refractivity contribution >= 4 is 17.6 Å². The van der Waals surface area contributed by atoms with Gasteiger partial charge in [-0.15, -0.1) is 0 Å². The van der Waals surface area contributed by atoms with Crippen molar-refractivity contribution in [1.82, 2.24) is 14.5 Å². The van der Waals surface area contributed by atoms with Gasteiger partial charge in [-0.05, 0) is 42.8 Å². The van der Waals surface area contributed by atoms with Gasteiger partial charge in [0.15, 0.2) is 0 Å². The van der Waals surface area contributed by atoms with E-state index in [9.17, 15) is 9.59 Å². The van der Waals surface area contributed by atoms with E-state index in [0.29, 0.717) is 29.2 Å². The van der Waals surface area contributed by atoms with Crippen LogP contribution in [0.3, 0.4) is 0 Å². The van der Waals surface area contributed by atoms with Crippen molar-refractivity contribution in [3.05, 3.63) is 72.4 Å². The Kier molecular flexibility index (Phi) is 5.38. The maximum Gasteiger partial charge on any atom is 0.338 e. The summed E-state index contributed by atoms with van der Waals surface area (Å²) >= 11 is 0. The molecule has 0 saturated heterocycles. The van der Waals surface area contributed by atoms with Crippen LogP contribution in [0.1, 0.15) is 34.1 Å². The molecule has 0 spiro atoms. The lowest BCUT2D eigenvalue weighted by Gasteiger charge is -2.07. The van der Waals surface area contributed by atoms with Gasteiger partial charge < -0.3 is 10.1 Å². The van der Waals surface area contributed by atoms with E-state index in [2.05, 4.69) is 15.3 Å². The number of nitrogens with zero attached hydrogens (tertiary/aromatic N) is 3. The number of hydrogen-bond acceptors (Lipinski definition) is 5. The second-order valence-corrected chi connectivity index (χ2v) is 5.54. The molecule has 1 amide bonds. The van der Waals surface area contributed by atoms with Crippen LogP contribution in [0.25, 0.3) is 5.82 Å². The molecule has 2 heterocycles. The van der Waals surface area contributed by atoms with E-state index in [4.69, 9.17) is 4.74 Å². The molecule has 7 nitrogen and oxygen atoms in total. The third-order valence-corrected chi connectivity index (χ3v) is 3.59. The summed E-state index contributed by atoms with van der Waals surface area (Å²) in [5.41, 5.74) is 1.46. The summed E-state index contributed by atoms with van der Waals surface area (Å²) in [6.07, 6.45) is 7.34. The lowest BCUT2D eigenvalue weighted by atomic mass is 10.2. The lowest BCUT2D eigenvalue weighted by Crippen LogP contribution is -2.13. The van der Waals surface area contributed by atoms with Gasteiger partial charge in [-0.1, -0.05) is 6.92 Å². The minimum absolute atomic E-state index is 0.281. The largest absolute Gasteiger partial charge is 0.462 e. The Balaban J connectivity index is 1.63. The predicted molar refractivity (Wildman–Crippen MR) is 96.3 cm³/mol. The topological polar surface area (TPSA) is 86.1 Å². The van der Waals surface area contributed by atoms with Gasteiger partial charge in [0.05, 0.1) is 17.7 Å². The van der Waals surface area contributed by atoms with Gasteiger partial charge in [-0.2, -0.15) is 0 Å². The molecular weight excluding hydrogens is 332 g/mol. The fourth-order valence-electron chi connectivity index (χ4n) is 2.24. The van der Waals surface area contributed by atoms with Crippen molar-refractivity contribution in [3.8, 4) is 5.82 Å². The third-order valence-electron chi connectivity index (χ3n) is 3.59. The van der Waals surface area contributed by atoms with Crippen molar-refractivity contribution in [1.29, 1.82) is 0 Å². The van der Waals surface area contributed by atoms with E-state index in [-0.39, 0.29) is 11.9 Å². The lowest BCUT2D eigenvalue weighted by molar-refractivity contribution is 0.0505. The van der Waals surface area contributed by atoms with Crippen molar-refractivity contribution in [3.63, 3.8) is 0 Å². The van der Waals surface area contributed by atoms with E-state index in [0.717, 1.165) is 6.42 Å². The first kappa shape index (κ1) is 17.3. The Bertz CT molecular complexity index is 872. The zero-order valence-electron chi connectivity index (χ0n) is 14.3. The number of imidazole rings is 1. The molecule has 0 bridgehead atoms. The number of benzene rings is 1. The quantitative estimate of drug-likeness (QED) is 0.691. The molecular formula is C19H18N4O3. The summed E-state index contributed by atoms with van der Waals surface area (Å²) in [5.74, 6) is 0.0222. The number of pyridine rings is 1. The molecule has 3 rings (SSSR count). The van der Waals surface area contributed by atoms with Gasteiger partial charge in [0.25, 0.3) is 5.91 Å². The van der Waals surface area contributed by atoms with Crippen LogP contribution in [-0.4, -0.2) is 33.0 Å². The van der Waals surface area contributed by atoms with Gasteiger partial charge in [-0.25, -0.2) is 14.8 Å². The van der Waals surface area contributed by atoms with Crippen molar-refractivity contribution in [2.45, 2.75) is 13.3 Å². The highest BCUT2D eigenvalue weighted by Crippen LogP contribution is 2.13. The van der Waals surface area contributed by atoms with Crippen LogP contribution < -0.4 is 5.32 Å². The molecule has 2 aromatic heterocycles. The first-order valence-electron chi connectivity index (χ1n) is 8.20. The first-order chi connectivity index (χ1) is 12.7. The van der Waals surface area contributed by atoms with Gasteiger partial charge in [-0.3, -0.25) is 9.36 Å². The summed E-state index contributed by atoms with van der Waals surface area (Å²) in [4.78, 5) is 32.3. The van der Waals surface area contributed by atoms with Gasteiger partial charge in [0.2, 0.25) is 0 Å². The number of carbonyl (C=O) groups is 2. The number of ether oxygens (including phenoxy) is 1. The number of hydrogen-bond donors (Lipinski definition) is 1. The molecule has 3 aromatic rings. The standard InChI is InChI=1S/C19H18N4O3/c1-2-11-26-19(25)14-3-6-16(7-4-14)22-18(24)15-5-8-17(21-12-15)23-10-9-20-13-23/h3-10,12-13H,2,11H2,1H3,(H,22,24). The normalized spacial score (nSPS) is 10.3. The zero-order chi connectivity index (χ0) is 18.4. The van der Waals surface area contributed by atoms with E-state index in [1.807, 2.05) is 6.92 Å². The number of anilines is 1. The van der Waals surface area contributed by atoms with Crippen LogP contribution in [0.4, 0.5) is 5.69 Å². The van der Waals surface area contributed by atoms with Gasteiger partial charge in [0, 0.05) is 24.3 Å². The molecule has 0 radical (unpaired) electrons. The average Bonchev–Trinajstić information content (AvgIpc) is 3.21. The maximum absolute atomic E-state index is 12.3. The van der Waals surface area contributed by atoms with Crippen LogP contribution in [0.2, 0.25) is 0 Å². The molecule has 0 aliphatic heterocycles. The zero-order valence-corrected chi connectivity index (χ0v) is 14.3. The minimum Gasteiger partial charge on any atom is -0.462 e. The smallest absolute Gasteiger partial charge is 0.338 e. The SMILES string of the molecule is CCCOC(=O)c1ccc(NC(=O)c2ccc(-n3ccnc3)nc2)cc1. The number of carbonyl (C=O) groups excluding carboxylic acids is 2. The molecule has 0 fully saturated rings. The average molecular weight is 350 g/mol. The Morgan fingerprint density at radius 1 is 1.12 bits per heavy atom. The number of amides is 1. The molecule has 132 valence electrons. The van der Waals surface area contributed by atoms with Gasteiger partial charge >= 0.3 is 5.97 Å². The van der Waals surface area contributed by atoms with Crippen LogP contribution >= 0.6 is 0 Å². The number of esters is 1. The molecule has 26 heavy (non-hydrogen) atoms. The van der Waals surface area contributed by atoms with Crippen LogP contribution in [0, 0.1) is 0 Å². The first-order valence-corrected chi connectivity index (χ1v) is 8.20. The Hall–Kier alpha value is -3.48. The third kappa shape index (κ3) is 4.13. The highest BCUT2D eigenvalue weighted by molar-refractivity contribution is 6.04. The van der Waals surface area contributed by atoms with Gasteiger partial charge in [0.1, 0.15) is 12.1 Å². The van der Waals surface area contributed by atoms with Crippen molar-refractivity contribution < 1.29 is 14.3 Å². The Morgan fingerprint density at radius 3 is 2.50 bits per heavy atom. The van der Waals surface area contributed by atoms with E-state index < -0.39 is 0 Å². The molecule has 0 saturated carbocycles. The molecule has 1 N–H and O–H groups in total. The highest BCUT2D eigenvalue weighted by Gasteiger charge is 2.09. The van der Waals surface area contributed by atoms with Crippen molar-refractivity contribution in [2.24, 2.45) is 0 Å². The second-order valence-electron chi connectivity index (χ2n) is 5.54. The summed E-state index contributed by atoms with van der Waals surface area (Å²) in [7, 11) is 0. The Morgan fingerprint density at radius 2 is 1.88 bits per heavy atom. The summed E-state index contributed by atoms with van der Waals surface area (Å²) in [5, 5.41) is 2.77. The number of aromatic nitrogens is 3. The predicted octanol–water partition coefficient (Wildman–Crippen LogP) is 3.09. The summed E-state index contributed by atoms with van der Waals surface area (Å²) < 4.78 is 6.82. The van der Waals surface area contributed by atoms with E-state index in [1.54, 1.807) is 59.7 Å². The minimum atomic E-state index is -0.371. The summed E-state index contributed by atoms with van der Waals surface area (Å²) in [6.45, 7) is 2.32. The fourth-order valence-corrected chi connectivity index (χ4v) is 2.24. The highest BCUT2D eigenvalue weighted by atomic mass is 16.5. The molecule has 1 aromatic carbocycles. The van der Waals surface area contributed by atoms with Crippen molar-refractivity contribution in [2.75, 3.05) is 11.9 Å². The van der Waals surface area contributed by atoms with Crippen LogP contribution in [0.5, 0.6) is 0 Å². The molecule has 0 aliphatic rings. The number of nitrogens with one attached hydrogen (secondary N) is 1. The van der Waals surface area contributed by atoms with E-state index in [1.165, 1.54) is 6.20 Å². The second kappa shape index (κ2) is 8.06. The Labute approximate surface area is 150 Å². The molecule has 0 atom stereocenters. The number of rotatable bonds is 6. The molecule has 0 unspecified atom stereocenters. The molecule has 7 heteroatoms. The monoisotopic (exact) mass is 350 g/mol. The fraction of sp³-hybridized carbons (Fsp3) is 0.158. The summed E-state index contributed by atoms with van der Waals surface area (Å²) in [6, 6.07) is 9.99.